The van der Waals surface area contributed by atoms with Gasteiger partial charge < -0.3 is 4.57 Å². The number of imidazole rings is 1. The van der Waals surface area contributed by atoms with E-state index in [-0.39, 0.29) is 5.54 Å². The van der Waals surface area contributed by atoms with Crippen LogP contribution in [0.1, 0.15) is 20.8 Å². The molecule has 2 nitrogen and oxygen atoms in total. The summed E-state index contributed by atoms with van der Waals surface area (Å²) in [6.07, 6.45) is 0. The molecule has 0 saturated heterocycles. The van der Waals surface area contributed by atoms with Gasteiger partial charge in [0, 0.05) is 22.2 Å². The summed E-state index contributed by atoms with van der Waals surface area (Å²) < 4.78 is 2.38. The molecule has 0 radical (unpaired) electrons. The zero-order valence-electron chi connectivity index (χ0n) is 16.1. The highest BCUT2D eigenvalue weighted by Gasteiger charge is 2.27. The van der Waals surface area contributed by atoms with Gasteiger partial charge in [-0.05, 0) is 20.8 Å². The molecular weight excluding hydrogens is 328 g/mol. The zero-order valence-corrected chi connectivity index (χ0v) is 16.1. The van der Waals surface area contributed by atoms with Crippen LogP contribution < -0.4 is 0 Å². The standard InChI is InChI=1S/C25H24N2/c1-25(2,3)27-23(20-15-9-5-10-16-20)22(19-13-7-4-8-14-19)26-24(27)21-17-11-6-12-18-21/h4-18H,1-3H3. The molecule has 0 spiro atoms. The van der Waals surface area contributed by atoms with Crippen LogP contribution in [0, 0.1) is 0 Å². The van der Waals surface area contributed by atoms with Crippen molar-refractivity contribution in [3.05, 3.63) is 91.0 Å². The second kappa shape index (κ2) is 6.88. The van der Waals surface area contributed by atoms with E-state index in [4.69, 9.17) is 4.98 Å². The fourth-order valence-corrected chi connectivity index (χ4v) is 3.51. The number of hydrogen-bond donors (Lipinski definition) is 0. The molecule has 0 aliphatic heterocycles. The third-order valence-corrected chi connectivity index (χ3v) is 4.67. The molecule has 0 bridgehead atoms. The molecule has 3 aromatic carbocycles. The maximum absolute atomic E-state index is 5.16. The molecule has 4 rings (SSSR count). The molecule has 1 heterocycles. The molecule has 0 amide bonds. The Kier molecular flexibility index (Phi) is 4.41. The van der Waals surface area contributed by atoms with Crippen molar-refractivity contribution >= 4 is 0 Å². The molecule has 27 heavy (non-hydrogen) atoms. The van der Waals surface area contributed by atoms with Crippen molar-refractivity contribution in [1.82, 2.24) is 9.55 Å². The minimum atomic E-state index is -0.115. The molecule has 0 aliphatic rings. The quantitative estimate of drug-likeness (QED) is 0.404. The third-order valence-electron chi connectivity index (χ3n) is 4.67. The SMILES string of the molecule is CC(C)(C)n1c(-c2ccccc2)nc(-c2ccccc2)c1-c1ccccc1. The Morgan fingerprint density at radius 3 is 1.52 bits per heavy atom. The molecule has 2 heteroatoms. The Morgan fingerprint density at radius 2 is 1.04 bits per heavy atom. The predicted octanol–water partition coefficient (Wildman–Crippen LogP) is 6.64. The van der Waals surface area contributed by atoms with Crippen molar-refractivity contribution in [2.24, 2.45) is 0 Å². The highest BCUT2D eigenvalue weighted by Crippen LogP contribution is 2.39. The monoisotopic (exact) mass is 352 g/mol. The number of aromatic nitrogens is 2. The van der Waals surface area contributed by atoms with Gasteiger partial charge in [-0.2, -0.15) is 0 Å². The molecule has 4 aromatic rings. The Labute approximate surface area is 161 Å². The maximum Gasteiger partial charge on any atom is 0.141 e. The van der Waals surface area contributed by atoms with E-state index in [0.717, 1.165) is 28.3 Å². The van der Waals surface area contributed by atoms with Gasteiger partial charge in [-0.1, -0.05) is 91.0 Å². The van der Waals surface area contributed by atoms with E-state index in [1.165, 1.54) is 5.56 Å². The molecule has 0 N–H and O–H groups in total. The van der Waals surface area contributed by atoms with Crippen molar-refractivity contribution in [2.45, 2.75) is 26.3 Å². The summed E-state index contributed by atoms with van der Waals surface area (Å²) in [6.45, 7) is 6.72. The van der Waals surface area contributed by atoms with E-state index < -0.39 is 0 Å². The summed E-state index contributed by atoms with van der Waals surface area (Å²) in [4.78, 5) is 5.16. The number of benzene rings is 3. The third kappa shape index (κ3) is 3.31. The Balaban J connectivity index is 2.09. The van der Waals surface area contributed by atoms with Gasteiger partial charge in [0.15, 0.2) is 0 Å². The first-order valence-corrected chi connectivity index (χ1v) is 9.35. The first-order chi connectivity index (χ1) is 13.1. The normalized spacial score (nSPS) is 11.5. The van der Waals surface area contributed by atoms with E-state index in [1.807, 2.05) is 12.1 Å². The summed E-state index contributed by atoms with van der Waals surface area (Å²) in [6, 6.07) is 31.5. The summed E-state index contributed by atoms with van der Waals surface area (Å²) in [5.41, 5.74) is 5.52. The van der Waals surface area contributed by atoms with Crippen LogP contribution in [-0.4, -0.2) is 9.55 Å². The highest BCUT2D eigenvalue weighted by atomic mass is 15.1. The van der Waals surface area contributed by atoms with Crippen LogP contribution in [0.4, 0.5) is 0 Å². The topological polar surface area (TPSA) is 17.8 Å². The van der Waals surface area contributed by atoms with E-state index in [1.54, 1.807) is 0 Å². The second-order valence-corrected chi connectivity index (χ2v) is 7.74. The van der Waals surface area contributed by atoms with Gasteiger partial charge in [0.25, 0.3) is 0 Å². The van der Waals surface area contributed by atoms with Crippen molar-refractivity contribution in [2.75, 3.05) is 0 Å². The molecule has 0 saturated carbocycles. The van der Waals surface area contributed by atoms with Gasteiger partial charge in [0.1, 0.15) is 5.82 Å². The fourth-order valence-electron chi connectivity index (χ4n) is 3.51. The van der Waals surface area contributed by atoms with Crippen LogP contribution >= 0.6 is 0 Å². The number of nitrogens with zero attached hydrogens (tertiary/aromatic N) is 2. The smallest absolute Gasteiger partial charge is 0.141 e. The van der Waals surface area contributed by atoms with Crippen LogP contribution in [0.25, 0.3) is 33.9 Å². The summed E-state index contributed by atoms with van der Waals surface area (Å²) in [7, 11) is 0. The van der Waals surface area contributed by atoms with Gasteiger partial charge in [-0.25, -0.2) is 4.98 Å². The van der Waals surface area contributed by atoms with Crippen molar-refractivity contribution in [3.63, 3.8) is 0 Å². The molecule has 134 valence electrons. The minimum absolute atomic E-state index is 0.115. The summed E-state index contributed by atoms with van der Waals surface area (Å²) in [5.74, 6) is 1.00. The molecule has 0 aliphatic carbocycles. The largest absolute Gasteiger partial charge is 0.318 e. The van der Waals surface area contributed by atoms with Crippen molar-refractivity contribution < 1.29 is 0 Å². The van der Waals surface area contributed by atoms with Gasteiger partial charge in [0.2, 0.25) is 0 Å². The average Bonchev–Trinajstić information content (AvgIpc) is 3.11. The van der Waals surface area contributed by atoms with Crippen molar-refractivity contribution in [1.29, 1.82) is 0 Å². The van der Waals surface area contributed by atoms with Gasteiger partial charge in [-0.15, -0.1) is 0 Å². The summed E-state index contributed by atoms with van der Waals surface area (Å²) >= 11 is 0. The van der Waals surface area contributed by atoms with Crippen LogP contribution in [0.15, 0.2) is 91.0 Å². The van der Waals surface area contributed by atoms with E-state index in [2.05, 4.69) is 104 Å². The summed E-state index contributed by atoms with van der Waals surface area (Å²) in [5, 5.41) is 0. The van der Waals surface area contributed by atoms with Crippen LogP contribution in [0.3, 0.4) is 0 Å². The average molecular weight is 352 g/mol. The molecule has 0 atom stereocenters. The number of hydrogen-bond acceptors (Lipinski definition) is 1. The van der Waals surface area contributed by atoms with Gasteiger partial charge in [-0.3, -0.25) is 0 Å². The second-order valence-electron chi connectivity index (χ2n) is 7.74. The van der Waals surface area contributed by atoms with Gasteiger partial charge >= 0.3 is 0 Å². The van der Waals surface area contributed by atoms with Crippen LogP contribution in [0.2, 0.25) is 0 Å². The lowest BCUT2D eigenvalue weighted by Crippen LogP contribution is -2.23. The van der Waals surface area contributed by atoms with Crippen LogP contribution in [0.5, 0.6) is 0 Å². The predicted molar refractivity (Wildman–Crippen MR) is 114 cm³/mol. The first kappa shape index (κ1) is 17.3. The van der Waals surface area contributed by atoms with E-state index in [9.17, 15) is 0 Å². The Bertz CT molecular complexity index is 1020. The van der Waals surface area contributed by atoms with E-state index >= 15 is 0 Å². The molecule has 0 fully saturated rings. The molecule has 0 unspecified atom stereocenters. The fraction of sp³-hybridized carbons (Fsp3) is 0.160. The zero-order chi connectivity index (χ0) is 18.9. The lowest BCUT2D eigenvalue weighted by atomic mass is 10.0. The highest BCUT2D eigenvalue weighted by molar-refractivity contribution is 5.82. The lowest BCUT2D eigenvalue weighted by Gasteiger charge is -2.27. The van der Waals surface area contributed by atoms with Crippen LogP contribution in [-0.2, 0) is 5.54 Å². The molecular formula is C25H24N2. The van der Waals surface area contributed by atoms with Crippen molar-refractivity contribution in [3.8, 4) is 33.9 Å². The van der Waals surface area contributed by atoms with Gasteiger partial charge in [0.05, 0.1) is 11.4 Å². The van der Waals surface area contributed by atoms with E-state index in [0.29, 0.717) is 0 Å². The molecule has 1 aromatic heterocycles. The maximum atomic E-state index is 5.16. The first-order valence-electron chi connectivity index (χ1n) is 9.35. The number of rotatable bonds is 3. The Hall–Kier alpha value is -3.13. The Morgan fingerprint density at radius 1 is 0.593 bits per heavy atom. The lowest BCUT2D eigenvalue weighted by molar-refractivity contribution is 0.405. The minimum Gasteiger partial charge on any atom is -0.318 e.